The van der Waals surface area contributed by atoms with Crippen LogP contribution in [0.25, 0.3) is 0 Å². The minimum atomic E-state index is -1.18. The molecule has 1 unspecified atom stereocenters. The average Bonchev–Trinajstić information content (AvgIpc) is 2.77. The first kappa shape index (κ1) is 15.3. The van der Waals surface area contributed by atoms with Gasteiger partial charge in [0.1, 0.15) is 5.54 Å². The van der Waals surface area contributed by atoms with E-state index in [0.717, 1.165) is 6.42 Å². The van der Waals surface area contributed by atoms with Crippen LogP contribution in [0.15, 0.2) is 0 Å². The van der Waals surface area contributed by atoms with Crippen molar-refractivity contribution in [2.45, 2.75) is 38.6 Å². The third-order valence-corrected chi connectivity index (χ3v) is 3.32. The van der Waals surface area contributed by atoms with E-state index in [4.69, 9.17) is 0 Å². The zero-order valence-corrected chi connectivity index (χ0v) is 11.4. The van der Waals surface area contributed by atoms with Gasteiger partial charge in [0, 0.05) is 13.1 Å². The third-order valence-electron chi connectivity index (χ3n) is 3.32. The minimum Gasteiger partial charge on any atom is -0.480 e. The van der Waals surface area contributed by atoms with Crippen molar-refractivity contribution in [3.63, 3.8) is 0 Å². The number of aliphatic carboxylic acids is 1. The highest BCUT2D eigenvalue weighted by atomic mass is 16.4. The summed E-state index contributed by atoms with van der Waals surface area (Å²) in [5.74, 6) is -1.29. The van der Waals surface area contributed by atoms with Crippen molar-refractivity contribution in [3.05, 3.63) is 0 Å². The lowest BCUT2D eigenvalue weighted by Gasteiger charge is -2.31. The van der Waals surface area contributed by atoms with Gasteiger partial charge in [-0.05, 0) is 26.2 Å². The monoisotopic (exact) mass is 271 g/mol. The van der Waals surface area contributed by atoms with Crippen molar-refractivity contribution >= 4 is 17.9 Å². The van der Waals surface area contributed by atoms with Crippen LogP contribution >= 0.6 is 0 Å². The predicted octanol–water partition coefficient (Wildman–Crippen LogP) is 0.161. The van der Waals surface area contributed by atoms with Crippen LogP contribution in [0.3, 0.4) is 0 Å². The molecule has 1 aliphatic heterocycles. The molecule has 7 heteroatoms. The lowest BCUT2D eigenvalue weighted by atomic mass is 10.00. The second-order valence-corrected chi connectivity index (χ2v) is 4.84. The zero-order chi connectivity index (χ0) is 14.5. The van der Waals surface area contributed by atoms with Gasteiger partial charge in [0.2, 0.25) is 5.91 Å². The smallest absolute Gasteiger partial charge is 0.329 e. The summed E-state index contributed by atoms with van der Waals surface area (Å²) in [5, 5.41) is 14.3. The van der Waals surface area contributed by atoms with Crippen LogP contribution in [-0.4, -0.2) is 53.1 Å². The molecule has 1 rings (SSSR count). The van der Waals surface area contributed by atoms with Gasteiger partial charge in [0.25, 0.3) is 0 Å². The maximum absolute atomic E-state index is 11.9. The zero-order valence-electron chi connectivity index (χ0n) is 11.4. The molecular weight excluding hydrogens is 250 g/mol. The quantitative estimate of drug-likeness (QED) is 0.663. The maximum atomic E-state index is 11.9. The van der Waals surface area contributed by atoms with Gasteiger partial charge in [0.05, 0.1) is 6.54 Å². The molecular formula is C12H21N3O4. The minimum absolute atomic E-state index is 0.134. The Balaban J connectivity index is 2.49. The summed E-state index contributed by atoms with van der Waals surface area (Å²) in [6.45, 7) is 4.28. The predicted molar refractivity (Wildman–Crippen MR) is 68.7 cm³/mol. The number of likely N-dealkylation sites (tertiary alicyclic amines) is 1. The molecule has 1 saturated heterocycles. The SMILES string of the molecule is CCCNC(=O)CNC(=O)N1CCCC1(C)C(=O)O. The summed E-state index contributed by atoms with van der Waals surface area (Å²) in [6.07, 6.45) is 1.90. The van der Waals surface area contributed by atoms with Crippen LogP contribution in [0.2, 0.25) is 0 Å². The van der Waals surface area contributed by atoms with E-state index in [9.17, 15) is 19.5 Å². The van der Waals surface area contributed by atoms with Crippen LogP contribution < -0.4 is 10.6 Å². The Hall–Kier alpha value is -1.79. The van der Waals surface area contributed by atoms with E-state index in [-0.39, 0.29) is 12.5 Å². The Morgan fingerprint density at radius 1 is 1.32 bits per heavy atom. The van der Waals surface area contributed by atoms with Crippen molar-refractivity contribution in [2.24, 2.45) is 0 Å². The Labute approximate surface area is 112 Å². The number of hydrogen-bond acceptors (Lipinski definition) is 3. The van der Waals surface area contributed by atoms with E-state index in [1.165, 1.54) is 11.8 Å². The van der Waals surface area contributed by atoms with Gasteiger partial charge in [-0.1, -0.05) is 6.92 Å². The molecule has 1 fully saturated rings. The summed E-state index contributed by atoms with van der Waals surface area (Å²) in [6, 6.07) is -0.506. The van der Waals surface area contributed by atoms with Crippen molar-refractivity contribution in [3.8, 4) is 0 Å². The summed E-state index contributed by atoms with van der Waals surface area (Å²) < 4.78 is 0. The molecule has 0 bridgehead atoms. The third kappa shape index (κ3) is 3.59. The lowest BCUT2D eigenvalue weighted by Crippen LogP contribution is -2.55. The van der Waals surface area contributed by atoms with E-state index in [0.29, 0.717) is 25.9 Å². The number of carbonyl (C=O) groups excluding carboxylic acids is 2. The molecule has 1 aliphatic rings. The first-order chi connectivity index (χ1) is 8.91. The fraction of sp³-hybridized carbons (Fsp3) is 0.750. The van der Waals surface area contributed by atoms with Gasteiger partial charge >= 0.3 is 12.0 Å². The molecule has 0 aliphatic carbocycles. The van der Waals surface area contributed by atoms with Crippen LogP contribution in [0.5, 0.6) is 0 Å². The normalized spacial score (nSPS) is 22.1. The molecule has 1 atom stereocenters. The fourth-order valence-corrected chi connectivity index (χ4v) is 2.09. The number of carboxylic acids is 1. The molecule has 3 N–H and O–H groups in total. The largest absolute Gasteiger partial charge is 0.480 e. The molecule has 7 nitrogen and oxygen atoms in total. The fourth-order valence-electron chi connectivity index (χ4n) is 2.09. The number of urea groups is 1. The van der Waals surface area contributed by atoms with E-state index in [1.54, 1.807) is 0 Å². The van der Waals surface area contributed by atoms with E-state index in [1.807, 2.05) is 6.92 Å². The van der Waals surface area contributed by atoms with Gasteiger partial charge < -0.3 is 20.6 Å². The Kier molecular flexibility index (Phi) is 5.14. The van der Waals surface area contributed by atoms with Crippen molar-refractivity contribution in [1.82, 2.24) is 15.5 Å². The standard InChI is InChI=1S/C12H21N3O4/c1-3-6-13-9(16)8-14-11(19)15-7-4-5-12(15,2)10(17)18/h3-8H2,1-2H3,(H,13,16)(H,14,19)(H,17,18). The second kappa shape index (κ2) is 6.40. The average molecular weight is 271 g/mol. The van der Waals surface area contributed by atoms with Crippen LogP contribution in [0, 0.1) is 0 Å². The van der Waals surface area contributed by atoms with Crippen molar-refractivity contribution < 1.29 is 19.5 Å². The van der Waals surface area contributed by atoms with Crippen LogP contribution in [0.1, 0.15) is 33.1 Å². The Morgan fingerprint density at radius 3 is 2.58 bits per heavy atom. The maximum Gasteiger partial charge on any atom is 0.329 e. The van der Waals surface area contributed by atoms with Crippen molar-refractivity contribution in [2.75, 3.05) is 19.6 Å². The number of rotatable bonds is 5. The summed E-state index contributed by atoms with van der Waals surface area (Å²) in [7, 11) is 0. The number of amides is 3. The highest BCUT2D eigenvalue weighted by Gasteiger charge is 2.45. The molecule has 0 radical (unpaired) electrons. The number of carboxylic acid groups (broad SMARTS) is 1. The second-order valence-electron chi connectivity index (χ2n) is 4.84. The molecule has 3 amide bonds. The van der Waals surface area contributed by atoms with Crippen LogP contribution in [0.4, 0.5) is 4.79 Å². The van der Waals surface area contributed by atoms with Gasteiger partial charge in [-0.2, -0.15) is 0 Å². The van der Waals surface area contributed by atoms with Gasteiger partial charge in [-0.25, -0.2) is 9.59 Å². The lowest BCUT2D eigenvalue weighted by molar-refractivity contribution is -0.147. The molecule has 108 valence electrons. The molecule has 0 saturated carbocycles. The number of hydrogen-bond donors (Lipinski definition) is 3. The van der Waals surface area contributed by atoms with E-state index < -0.39 is 17.5 Å². The number of nitrogens with one attached hydrogen (secondary N) is 2. The van der Waals surface area contributed by atoms with Gasteiger partial charge in [-0.3, -0.25) is 4.79 Å². The first-order valence-corrected chi connectivity index (χ1v) is 6.47. The number of carbonyl (C=O) groups is 3. The summed E-state index contributed by atoms with van der Waals surface area (Å²) >= 11 is 0. The number of nitrogens with zero attached hydrogens (tertiary/aromatic N) is 1. The summed E-state index contributed by atoms with van der Waals surface area (Å²) in [4.78, 5) is 35.8. The van der Waals surface area contributed by atoms with Crippen molar-refractivity contribution in [1.29, 1.82) is 0 Å². The Morgan fingerprint density at radius 2 is 2.00 bits per heavy atom. The Bertz CT molecular complexity index is 372. The van der Waals surface area contributed by atoms with Gasteiger partial charge in [0.15, 0.2) is 0 Å². The molecule has 0 spiro atoms. The molecule has 0 aromatic carbocycles. The first-order valence-electron chi connectivity index (χ1n) is 6.47. The molecule has 0 aromatic rings. The highest BCUT2D eigenvalue weighted by Crippen LogP contribution is 2.28. The molecule has 1 heterocycles. The molecule has 19 heavy (non-hydrogen) atoms. The van der Waals surface area contributed by atoms with E-state index >= 15 is 0 Å². The highest BCUT2D eigenvalue weighted by molar-refractivity contribution is 5.89. The summed E-state index contributed by atoms with van der Waals surface area (Å²) in [5.41, 5.74) is -1.18. The molecule has 0 aromatic heterocycles. The van der Waals surface area contributed by atoms with E-state index in [2.05, 4.69) is 10.6 Å². The van der Waals surface area contributed by atoms with Gasteiger partial charge in [-0.15, -0.1) is 0 Å². The topological polar surface area (TPSA) is 98.7 Å². The van der Waals surface area contributed by atoms with Crippen LogP contribution in [-0.2, 0) is 9.59 Å².